The Labute approximate surface area is 98.8 Å². The predicted octanol–water partition coefficient (Wildman–Crippen LogP) is 3.70. The van der Waals surface area contributed by atoms with E-state index in [1.807, 2.05) is 1.15 Å². The van der Waals surface area contributed by atoms with E-state index < -0.39 is 39.5 Å². The van der Waals surface area contributed by atoms with Gasteiger partial charge in [-0.15, -0.1) is 0 Å². The molecule has 0 saturated heterocycles. The molecule has 0 aliphatic carbocycles. The molecular formula is C11H26OPbSn. The van der Waals surface area contributed by atoms with Gasteiger partial charge < -0.3 is 0 Å². The van der Waals surface area contributed by atoms with Gasteiger partial charge in [-0.25, -0.2) is 0 Å². The van der Waals surface area contributed by atoms with E-state index in [2.05, 4.69) is 41.3 Å². The van der Waals surface area contributed by atoms with Crippen molar-refractivity contribution in [1.82, 2.24) is 0 Å². The topological polar surface area (TPSA) is 9.23 Å². The Hall–Kier alpha value is 1.42. The van der Waals surface area contributed by atoms with Gasteiger partial charge in [0.2, 0.25) is 0 Å². The average molecular weight is 500 g/mol. The second-order valence-corrected chi connectivity index (χ2v) is 45.3. The summed E-state index contributed by atoms with van der Waals surface area (Å²) in [5.41, 5.74) is 0. The second kappa shape index (κ2) is 6.23. The summed E-state index contributed by atoms with van der Waals surface area (Å²) in [7, 11) is 0. The molecule has 0 amide bonds. The van der Waals surface area contributed by atoms with Gasteiger partial charge in [0.05, 0.1) is 0 Å². The van der Waals surface area contributed by atoms with E-state index in [0.717, 1.165) is 13.2 Å². The summed E-state index contributed by atoms with van der Waals surface area (Å²) in [6, 6.07) is 0. The van der Waals surface area contributed by atoms with Crippen molar-refractivity contribution < 1.29 is 4.74 Å². The number of hydrogen-bond acceptors (Lipinski definition) is 1. The van der Waals surface area contributed by atoms with E-state index in [1.165, 1.54) is 0 Å². The molecule has 3 heteroatoms. The van der Waals surface area contributed by atoms with Gasteiger partial charge in [-0.3, -0.25) is 0 Å². The van der Waals surface area contributed by atoms with Crippen LogP contribution in [0.2, 0.25) is 28.3 Å². The quantitative estimate of drug-likeness (QED) is 0.414. The van der Waals surface area contributed by atoms with E-state index in [1.54, 1.807) is 0 Å². The van der Waals surface area contributed by atoms with E-state index in [4.69, 9.17) is 4.74 Å². The summed E-state index contributed by atoms with van der Waals surface area (Å²) < 4.78 is 15.0. The van der Waals surface area contributed by atoms with Gasteiger partial charge in [-0.1, -0.05) is 0 Å². The summed E-state index contributed by atoms with van der Waals surface area (Å²) in [6.45, 7) is 3.75. The van der Waals surface area contributed by atoms with Crippen molar-refractivity contribution in [3.8, 4) is 0 Å². The van der Waals surface area contributed by atoms with Crippen LogP contribution in [0.5, 0.6) is 0 Å². The summed E-state index contributed by atoms with van der Waals surface area (Å²) in [4.78, 5) is 7.58. The molecule has 0 spiro atoms. The molecule has 0 radical (unpaired) electrons. The molecular weight excluding hydrogens is 474 g/mol. The normalized spacial score (nSPS) is 14.6. The monoisotopic (exact) mass is 502 g/mol. The molecule has 0 aromatic rings. The summed E-state index contributed by atoms with van der Waals surface area (Å²) in [6.07, 6.45) is 2.43. The Morgan fingerprint density at radius 2 is 1.71 bits per heavy atom. The van der Waals surface area contributed by atoms with Gasteiger partial charge in [-0.2, -0.15) is 0 Å². The van der Waals surface area contributed by atoms with Gasteiger partial charge >= 0.3 is 99.9 Å². The van der Waals surface area contributed by atoms with Crippen molar-refractivity contribution in [3.63, 3.8) is 0 Å². The van der Waals surface area contributed by atoms with Crippen molar-refractivity contribution in [3.05, 3.63) is 7.22 Å². The average Bonchev–Trinajstić information content (AvgIpc) is 1.92. The van der Waals surface area contributed by atoms with Crippen LogP contribution in [0.25, 0.3) is 0 Å². The molecule has 0 bridgehead atoms. The van der Waals surface area contributed by atoms with Crippen molar-refractivity contribution in [2.24, 2.45) is 0 Å². The Kier molecular flexibility index (Phi) is 6.86. The fraction of sp³-hybridized carbons (Fsp3) is 0.818. The zero-order valence-corrected chi connectivity index (χ0v) is 17.6. The number of hydrogen-bond donors (Lipinski definition) is 0. The molecule has 84 valence electrons. The van der Waals surface area contributed by atoms with Crippen molar-refractivity contribution in [1.29, 1.82) is 0 Å². The first-order chi connectivity index (χ1) is 6.19. The van der Waals surface area contributed by atoms with Crippen LogP contribution in [-0.4, -0.2) is 52.8 Å². The molecule has 0 aromatic heterocycles. The van der Waals surface area contributed by atoms with E-state index in [-0.39, 0.29) is 0 Å². The van der Waals surface area contributed by atoms with Gasteiger partial charge in [0.1, 0.15) is 0 Å². The zero-order valence-electron chi connectivity index (χ0n) is 10.9. The van der Waals surface area contributed by atoms with E-state index in [0.29, 0.717) is 0 Å². The minimum absolute atomic E-state index is 0.838. The van der Waals surface area contributed by atoms with Crippen LogP contribution in [0.1, 0.15) is 6.92 Å². The third-order valence-electron chi connectivity index (χ3n) is 2.23. The predicted molar refractivity (Wildman–Crippen MR) is 71.3 cm³/mol. The number of ether oxygens (including phenoxy) is 1. The van der Waals surface area contributed by atoms with Gasteiger partial charge in [-0.05, 0) is 0 Å². The summed E-state index contributed by atoms with van der Waals surface area (Å²) >= 11 is -3.77. The zero-order chi connectivity index (χ0) is 11.4. The van der Waals surface area contributed by atoms with Crippen molar-refractivity contribution in [2.75, 3.05) is 13.2 Å². The Balaban J connectivity index is 4.66. The Morgan fingerprint density at radius 3 is 2.00 bits per heavy atom. The maximum atomic E-state index is 5.45. The van der Waals surface area contributed by atoms with Crippen LogP contribution in [-0.2, 0) is 4.74 Å². The fourth-order valence-electron chi connectivity index (χ4n) is 2.00. The van der Waals surface area contributed by atoms with Crippen LogP contribution in [0, 0.1) is 0 Å². The first-order valence-electron chi connectivity index (χ1n) is 5.48. The third kappa shape index (κ3) is 6.10. The molecule has 0 atom stereocenters. The van der Waals surface area contributed by atoms with E-state index >= 15 is 0 Å². The SMILES string of the molecule is CCOC/C=[C](\[Sn]([CH3])([CH3])[CH3])[Pb]([CH3])([CH3])[CH3]. The fourth-order valence-corrected chi connectivity index (χ4v) is 71.8. The van der Waals surface area contributed by atoms with E-state index in [9.17, 15) is 0 Å². The molecule has 1 nitrogen and oxygen atoms in total. The first kappa shape index (κ1) is 15.4. The molecule has 14 heavy (non-hydrogen) atoms. The first-order valence-corrected chi connectivity index (χ1v) is 29.1. The van der Waals surface area contributed by atoms with Gasteiger partial charge in [0, 0.05) is 0 Å². The molecule has 0 aliphatic rings. The standard InChI is InChI=1S/C5H8O.6CH3.Pb.Sn/c1-3-5-6-4-2;;;;;;;;/h3H,4-5H2,2H3;6*1H3;;. The van der Waals surface area contributed by atoms with Gasteiger partial charge in [0.25, 0.3) is 0 Å². The van der Waals surface area contributed by atoms with Crippen molar-refractivity contribution >= 4 is 39.5 Å². The van der Waals surface area contributed by atoms with Crippen molar-refractivity contribution in [2.45, 2.75) is 35.2 Å². The van der Waals surface area contributed by atoms with Crippen LogP contribution < -0.4 is 0 Å². The summed E-state index contributed by atoms with van der Waals surface area (Å²) in [5.74, 6) is 0. The molecule has 0 fully saturated rings. The molecule has 0 aromatic carbocycles. The number of rotatable bonds is 5. The molecule has 0 aliphatic heterocycles. The maximum absolute atomic E-state index is 5.45. The Bertz CT molecular complexity index is 182. The Morgan fingerprint density at radius 1 is 1.21 bits per heavy atom. The third-order valence-corrected chi connectivity index (χ3v) is 52.8. The van der Waals surface area contributed by atoms with Crippen LogP contribution in [0.3, 0.4) is 0 Å². The minimum atomic E-state index is -1.95. The van der Waals surface area contributed by atoms with Crippen LogP contribution >= 0.6 is 0 Å². The second-order valence-electron chi connectivity index (χ2n) is 5.78. The molecule has 0 unspecified atom stereocenters. The van der Waals surface area contributed by atoms with Crippen LogP contribution in [0.15, 0.2) is 7.22 Å². The molecule has 0 N–H and O–H groups in total. The van der Waals surface area contributed by atoms with Gasteiger partial charge in [0.15, 0.2) is 0 Å². The molecule has 0 heterocycles. The molecule has 0 saturated carbocycles. The molecule has 0 rings (SSSR count). The van der Waals surface area contributed by atoms with Crippen LogP contribution in [0.4, 0.5) is 0 Å². The summed E-state index contributed by atoms with van der Waals surface area (Å²) in [5, 5.41) is 0.